The number of amides is 1. The zero-order chi connectivity index (χ0) is 16.4. The van der Waals surface area contributed by atoms with Crippen molar-refractivity contribution in [3.05, 3.63) is 58.4 Å². The van der Waals surface area contributed by atoms with Crippen molar-refractivity contribution >= 4 is 11.6 Å². The number of aryl methyl sites for hydroxylation is 5. The number of carbonyl (C=O) groups excluding carboxylic acids is 1. The summed E-state index contributed by atoms with van der Waals surface area (Å²) in [5.41, 5.74) is 7.24. The molecule has 1 aliphatic carbocycles. The van der Waals surface area contributed by atoms with Gasteiger partial charge in [0.15, 0.2) is 12.4 Å². The first kappa shape index (κ1) is 15.7. The summed E-state index contributed by atoms with van der Waals surface area (Å²) in [5, 5.41) is 3.07. The number of carbonyl (C=O) groups is 1. The zero-order valence-corrected chi connectivity index (χ0v) is 14.3. The fourth-order valence-electron chi connectivity index (χ4n) is 3.54. The quantitative estimate of drug-likeness (QED) is 0.866. The Morgan fingerprint density at radius 2 is 1.74 bits per heavy atom. The molecule has 0 radical (unpaired) electrons. The lowest BCUT2D eigenvalue weighted by Gasteiger charge is -2.14. The minimum Gasteiger partial charge on any atom is -0.320 e. The van der Waals surface area contributed by atoms with E-state index in [1.165, 1.54) is 36.0 Å². The van der Waals surface area contributed by atoms with Gasteiger partial charge in [0.2, 0.25) is 6.54 Å². The van der Waals surface area contributed by atoms with Gasteiger partial charge in [-0.05, 0) is 63.1 Å². The third-order valence-electron chi connectivity index (χ3n) is 4.61. The number of hydrogen-bond donors (Lipinski definition) is 1. The second kappa shape index (κ2) is 6.53. The molecule has 3 rings (SSSR count). The summed E-state index contributed by atoms with van der Waals surface area (Å²) in [6, 6.07) is 6.38. The lowest BCUT2D eigenvalue weighted by Crippen LogP contribution is -2.40. The predicted molar refractivity (Wildman–Crippen MR) is 92.6 cm³/mol. The molecule has 23 heavy (non-hydrogen) atoms. The molecule has 0 saturated heterocycles. The molecule has 120 valence electrons. The molecular weight excluding hydrogens is 284 g/mol. The molecule has 0 aliphatic heterocycles. The first-order valence-electron chi connectivity index (χ1n) is 8.41. The van der Waals surface area contributed by atoms with Crippen LogP contribution in [0, 0.1) is 20.8 Å². The average Bonchev–Trinajstić information content (AvgIpc) is 2.51. The Balaban J connectivity index is 1.73. The van der Waals surface area contributed by atoms with Crippen LogP contribution in [0.5, 0.6) is 0 Å². The van der Waals surface area contributed by atoms with Gasteiger partial charge in [-0.1, -0.05) is 17.7 Å². The van der Waals surface area contributed by atoms with Crippen LogP contribution in [0.4, 0.5) is 5.69 Å². The van der Waals surface area contributed by atoms with Gasteiger partial charge in [0, 0.05) is 17.3 Å². The third-order valence-corrected chi connectivity index (χ3v) is 4.61. The number of pyridine rings is 1. The lowest BCUT2D eigenvalue weighted by molar-refractivity contribution is -0.684. The highest BCUT2D eigenvalue weighted by Crippen LogP contribution is 2.22. The van der Waals surface area contributed by atoms with Crippen molar-refractivity contribution in [2.75, 3.05) is 5.32 Å². The first-order valence-corrected chi connectivity index (χ1v) is 8.41. The van der Waals surface area contributed by atoms with Crippen molar-refractivity contribution in [3.8, 4) is 0 Å². The second-order valence-corrected chi connectivity index (χ2v) is 6.70. The fourth-order valence-corrected chi connectivity index (χ4v) is 3.54. The Morgan fingerprint density at radius 3 is 2.43 bits per heavy atom. The number of nitrogens with zero attached hydrogens (tertiary/aromatic N) is 1. The van der Waals surface area contributed by atoms with E-state index in [1.807, 2.05) is 24.6 Å². The average molecular weight is 309 g/mol. The molecule has 1 amide bonds. The molecule has 0 saturated carbocycles. The minimum absolute atomic E-state index is 0.0285. The van der Waals surface area contributed by atoms with Crippen LogP contribution < -0.4 is 9.88 Å². The van der Waals surface area contributed by atoms with Crippen LogP contribution in [-0.2, 0) is 24.2 Å². The molecule has 0 fully saturated rings. The molecule has 0 bridgehead atoms. The molecule has 1 N–H and O–H groups in total. The van der Waals surface area contributed by atoms with Crippen molar-refractivity contribution in [3.63, 3.8) is 0 Å². The molecule has 1 aromatic carbocycles. The standard InChI is InChI=1S/C20H24N2O/c1-14-10-15(2)20(16(3)11-14)21-19(23)13-22-9-8-17-6-4-5-7-18(17)12-22/h8-12H,4-7,13H2,1-3H3/p+1. The highest BCUT2D eigenvalue weighted by Gasteiger charge is 2.16. The summed E-state index contributed by atoms with van der Waals surface area (Å²) in [7, 11) is 0. The van der Waals surface area contributed by atoms with E-state index in [0.29, 0.717) is 6.54 Å². The molecule has 1 heterocycles. The molecule has 3 heteroatoms. The number of fused-ring (bicyclic) bond motifs is 1. The first-order chi connectivity index (χ1) is 11.0. The van der Waals surface area contributed by atoms with Crippen molar-refractivity contribution in [2.45, 2.75) is 53.0 Å². The van der Waals surface area contributed by atoms with Crippen molar-refractivity contribution in [1.29, 1.82) is 0 Å². The number of nitrogens with one attached hydrogen (secondary N) is 1. The number of rotatable bonds is 3. The molecule has 0 atom stereocenters. The van der Waals surface area contributed by atoms with Gasteiger partial charge < -0.3 is 5.32 Å². The van der Waals surface area contributed by atoms with E-state index in [0.717, 1.165) is 23.2 Å². The van der Waals surface area contributed by atoms with Crippen LogP contribution in [0.2, 0.25) is 0 Å². The topological polar surface area (TPSA) is 33.0 Å². The SMILES string of the molecule is Cc1cc(C)c(NC(=O)C[n+]2ccc3c(c2)CCCC3)c(C)c1. The maximum absolute atomic E-state index is 12.4. The maximum atomic E-state index is 12.4. The summed E-state index contributed by atoms with van der Waals surface area (Å²) in [5.74, 6) is 0.0285. The minimum atomic E-state index is 0.0285. The Morgan fingerprint density at radius 1 is 1.09 bits per heavy atom. The van der Waals surface area contributed by atoms with Gasteiger partial charge in [0.05, 0.1) is 0 Å². The van der Waals surface area contributed by atoms with Crippen LogP contribution in [0.3, 0.4) is 0 Å². The van der Waals surface area contributed by atoms with E-state index in [2.05, 4.69) is 36.6 Å². The lowest BCUT2D eigenvalue weighted by atomic mass is 9.93. The molecule has 0 unspecified atom stereocenters. The smallest absolute Gasteiger partial charge is 0.290 e. The Labute approximate surface area is 138 Å². The number of benzene rings is 1. The largest absolute Gasteiger partial charge is 0.320 e. The molecule has 1 aromatic heterocycles. The highest BCUT2D eigenvalue weighted by molar-refractivity contribution is 5.91. The second-order valence-electron chi connectivity index (χ2n) is 6.70. The summed E-state index contributed by atoms with van der Waals surface area (Å²) in [6.45, 7) is 6.53. The van der Waals surface area contributed by atoms with Crippen molar-refractivity contribution < 1.29 is 9.36 Å². The van der Waals surface area contributed by atoms with E-state index in [4.69, 9.17) is 0 Å². The van der Waals surface area contributed by atoms with Gasteiger partial charge in [0.25, 0.3) is 5.91 Å². The van der Waals surface area contributed by atoms with Crippen molar-refractivity contribution in [1.82, 2.24) is 0 Å². The molecule has 3 nitrogen and oxygen atoms in total. The Hall–Kier alpha value is -2.16. The third kappa shape index (κ3) is 3.61. The van der Waals surface area contributed by atoms with Crippen molar-refractivity contribution in [2.24, 2.45) is 0 Å². The van der Waals surface area contributed by atoms with E-state index in [-0.39, 0.29) is 5.91 Å². The van der Waals surface area contributed by atoms with E-state index in [1.54, 1.807) is 0 Å². The van der Waals surface area contributed by atoms with Crippen LogP contribution in [0.1, 0.15) is 40.7 Å². The predicted octanol–water partition coefficient (Wildman–Crippen LogP) is 3.42. The van der Waals surface area contributed by atoms with E-state index in [9.17, 15) is 4.79 Å². The zero-order valence-electron chi connectivity index (χ0n) is 14.3. The number of aromatic nitrogens is 1. The van der Waals surface area contributed by atoms with Crippen LogP contribution >= 0.6 is 0 Å². The van der Waals surface area contributed by atoms with Gasteiger partial charge in [0.1, 0.15) is 0 Å². The Bertz CT molecular complexity index is 726. The van der Waals surface area contributed by atoms with Gasteiger partial charge in [-0.2, -0.15) is 4.57 Å². The van der Waals surface area contributed by atoms with Gasteiger partial charge >= 0.3 is 0 Å². The summed E-state index contributed by atoms with van der Waals surface area (Å²) < 4.78 is 2.00. The van der Waals surface area contributed by atoms with Crippen LogP contribution in [-0.4, -0.2) is 5.91 Å². The normalized spacial score (nSPS) is 13.5. The summed E-state index contributed by atoms with van der Waals surface area (Å²) in [6.07, 6.45) is 9.01. The van der Waals surface area contributed by atoms with E-state index >= 15 is 0 Å². The van der Waals surface area contributed by atoms with Gasteiger partial charge in [-0.25, -0.2) is 0 Å². The summed E-state index contributed by atoms with van der Waals surface area (Å²) >= 11 is 0. The summed E-state index contributed by atoms with van der Waals surface area (Å²) in [4.78, 5) is 12.4. The number of anilines is 1. The molecular formula is C20H25N2O+. The Kier molecular flexibility index (Phi) is 4.46. The molecule has 2 aromatic rings. The van der Waals surface area contributed by atoms with Crippen LogP contribution in [0.25, 0.3) is 0 Å². The molecule has 1 aliphatic rings. The van der Waals surface area contributed by atoms with E-state index < -0.39 is 0 Å². The van der Waals surface area contributed by atoms with Crippen LogP contribution in [0.15, 0.2) is 30.6 Å². The highest BCUT2D eigenvalue weighted by atomic mass is 16.1. The maximum Gasteiger partial charge on any atom is 0.290 e. The number of hydrogen-bond acceptors (Lipinski definition) is 1. The molecule has 0 spiro atoms. The monoisotopic (exact) mass is 309 g/mol. The van der Waals surface area contributed by atoms with Gasteiger partial charge in [-0.15, -0.1) is 0 Å². The van der Waals surface area contributed by atoms with Gasteiger partial charge in [-0.3, -0.25) is 4.79 Å². The fraction of sp³-hybridized carbons (Fsp3) is 0.400.